The molecular weight excluding hydrogens is 362 g/mol. The van der Waals surface area contributed by atoms with Crippen LogP contribution in [0.5, 0.6) is 0 Å². The maximum absolute atomic E-state index is 12.5. The van der Waals surface area contributed by atoms with Crippen molar-refractivity contribution in [3.63, 3.8) is 0 Å². The molecule has 2 heterocycles. The van der Waals surface area contributed by atoms with Crippen molar-refractivity contribution >= 4 is 23.0 Å². The van der Waals surface area contributed by atoms with Crippen molar-refractivity contribution in [2.75, 3.05) is 18.4 Å². The maximum Gasteiger partial charge on any atom is 0.251 e. The molecule has 6 nitrogen and oxygen atoms in total. The summed E-state index contributed by atoms with van der Waals surface area (Å²) in [6.07, 6.45) is 9.91. The van der Waals surface area contributed by atoms with Crippen LogP contribution in [0.4, 0.5) is 11.4 Å². The number of allylic oxidation sites excluding steroid dienone is 1. The molecule has 1 aromatic heterocycles. The highest BCUT2D eigenvalue weighted by Crippen LogP contribution is 2.30. The molecule has 3 N–H and O–H groups in total. The van der Waals surface area contributed by atoms with Crippen LogP contribution in [0.1, 0.15) is 60.6 Å². The van der Waals surface area contributed by atoms with Gasteiger partial charge in [0.05, 0.1) is 35.5 Å². The van der Waals surface area contributed by atoms with E-state index in [2.05, 4.69) is 27.4 Å². The molecule has 0 bridgehead atoms. The van der Waals surface area contributed by atoms with Gasteiger partial charge in [-0.25, -0.2) is 4.99 Å². The van der Waals surface area contributed by atoms with Crippen molar-refractivity contribution in [3.8, 4) is 0 Å². The Kier molecular flexibility index (Phi) is 7.22. The van der Waals surface area contributed by atoms with Crippen LogP contribution in [0.15, 0.2) is 42.0 Å². The molecule has 1 aliphatic heterocycles. The molecule has 4 rings (SSSR count). The number of aromatic amines is 1. The molecule has 0 unspecified atom stereocenters. The van der Waals surface area contributed by atoms with Gasteiger partial charge in [0.15, 0.2) is 0 Å². The fourth-order valence-corrected chi connectivity index (χ4v) is 3.79. The van der Waals surface area contributed by atoms with E-state index in [1.807, 2.05) is 32.0 Å². The minimum Gasteiger partial charge on any atom is -0.378 e. The molecule has 6 heteroatoms. The summed E-state index contributed by atoms with van der Waals surface area (Å²) in [5.74, 6) is 0.610. The number of aryl methyl sites for hydroxylation is 1. The van der Waals surface area contributed by atoms with Crippen LogP contribution in [0, 0.1) is 12.8 Å². The molecule has 1 amide bonds. The number of anilines is 1. The van der Waals surface area contributed by atoms with Crippen LogP contribution < -0.4 is 10.6 Å². The number of carbonyl (C=O) groups is 1. The normalized spacial score (nSPS) is 15.9. The Morgan fingerprint density at radius 2 is 2.07 bits per heavy atom. The fourth-order valence-electron chi connectivity index (χ4n) is 3.79. The van der Waals surface area contributed by atoms with Crippen molar-refractivity contribution in [3.05, 3.63) is 53.9 Å². The Bertz CT molecular complexity index is 877. The molecule has 2 aromatic rings. The van der Waals surface area contributed by atoms with E-state index in [9.17, 15) is 4.79 Å². The number of nitrogens with zero attached hydrogens (tertiary/aromatic N) is 2. The standard InChI is InChI=1S/C20H25N5O.C3H6/c1-13-10-23-25-19(13)18-12-21-16-8-7-15(9-17(16)24-18)20(26)22-11-14-5-3-2-4-6-14;1-3-2/h7-10,14,21H,2-6,11-12H2,1H3,(H,22,26)(H,23,25);3H,1H2,2H3. The van der Waals surface area contributed by atoms with Gasteiger partial charge in [0.1, 0.15) is 0 Å². The highest BCUT2D eigenvalue weighted by Gasteiger charge is 2.18. The zero-order chi connectivity index (χ0) is 20.6. The van der Waals surface area contributed by atoms with Crippen molar-refractivity contribution in [2.45, 2.75) is 46.0 Å². The first-order valence-corrected chi connectivity index (χ1v) is 10.4. The first-order chi connectivity index (χ1) is 14.1. The third kappa shape index (κ3) is 5.34. The fraction of sp³-hybridized carbons (Fsp3) is 0.435. The highest BCUT2D eigenvalue weighted by molar-refractivity contribution is 6.07. The molecule has 0 saturated heterocycles. The van der Waals surface area contributed by atoms with E-state index in [1.54, 1.807) is 12.3 Å². The predicted octanol–water partition coefficient (Wildman–Crippen LogP) is 4.77. The first-order valence-electron chi connectivity index (χ1n) is 10.4. The minimum absolute atomic E-state index is 0.0154. The van der Waals surface area contributed by atoms with Gasteiger partial charge in [-0.2, -0.15) is 5.10 Å². The van der Waals surface area contributed by atoms with Gasteiger partial charge in [0.25, 0.3) is 5.91 Å². The smallest absolute Gasteiger partial charge is 0.251 e. The molecule has 0 radical (unpaired) electrons. The van der Waals surface area contributed by atoms with Gasteiger partial charge in [-0.3, -0.25) is 9.89 Å². The number of benzene rings is 1. The van der Waals surface area contributed by atoms with Gasteiger partial charge in [-0.1, -0.05) is 25.3 Å². The van der Waals surface area contributed by atoms with Gasteiger partial charge in [-0.05, 0) is 56.4 Å². The van der Waals surface area contributed by atoms with Crippen LogP contribution in [-0.2, 0) is 0 Å². The SMILES string of the molecule is C=CC.Cc1cn[nH]c1C1=Nc2cc(C(=O)NCC3CCCCC3)ccc2NC1. The Morgan fingerprint density at radius 3 is 2.76 bits per heavy atom. The van der Waals surface area contributed by atoms with Gasteiger partial charge in [0, 0.05) is 12.1 Å². The third-order valence-electron chi connectivity index (χ3n) is 5.36. The van der Waals surface area contributed by atoms with E-state index >= 15 is 0 Å². The molecule has 0 spiro atoms. The van der Waals surface area contributed by atoms with Crippen molar-refractivity contribution < 1.29 is 4.79 Å². The van der Waals surface area contributed by atoms with Gasteiger partial charge in [-0.15, -0.1) is 6.58 Å². The summed E-state index contributed by atoms with van der Waals surface area (Å²) in [4.78, 5) is 17.3. The van der Waals surface area contributed by atoms with E-state index in [-0.39, 0.29) is 5.91 Å². The zero-order valence-electron chi connectivity index (χ0n) is 17.4. The van der Waals surface area contributed by atoms with Crippen molar-refractivity contribution in [1.29, 1.82) is 0 Å². The Labute approximate surface area is 172 Å². The van der Waals surface area contributed by atoms with Crippen molar-refractivity contribution in [2.24, 2.45) is 10.9 Å². The third-order valence-corrected chi connectivity index (χ3v) is 5.36. The summed E-state index contributed by atoms with van der Waals surface area (Å²) in [5, 5.41) is 13.5. The van der Waals surface area contributed by atoms with Crippen LogP contribution >= 0.6 is 0 Å². The number of rotatable bonds is 4. The number of fused-ring (bicyclic) bond motifs is 1. The van der Waals surface area contributed by atoms with E-state index in [4.69, 9.17) is 4.99 Å². The highest BCUT2D eigenvalue weighted by atomic mass is 16.1. The molecule has 1 saturated carbocycles. The summed E-state index contributed by atoms with van der Waals surface area (Å²) in [6, 6.07) is 5.67. The lowest BCUT2D eigenvalue weighted by molar-refractivity contribution is 0.0943. The second-order valence-electron chi connectivity index (χ2n) is 7.69. The van der Waals surface area contributed by atoms with Gasteiger partial charge in [0.2, 0.25) is 0 Å². The van der Waals surface area contributed by atoms with E-state index in [0.29, 0.717) is 18.0 Å². The van der Waals surface area contributed by atoms with Crippen LogP contribution in [-0.4, -0.2) is 34.9 Å². The largest absolute Gasteiger partial charge is 0.378 e. The number of aromatic nitrogens is 2. The quantitative estimate of drug-likeness (QED) is 0.655. The second kappa shape index (κ2) is 10.0. The Hall–Kier alpha value is -2.89. The van der Waals surface area contributed by atoms with Crippen LogP contribution in [0.25, 0.3) is 0 Å². The molecule has 0 atom stereocenters. The van der Waals surface area contributed by atoms with Crippen LogP contribution in [0.2, 0.25) is 0 Å². The number of nitrogens with one attached hydrogen (secondary N) is 3. The predicted molar refractivity (Wildman–Crippen MR) is 119 cm³/mol. The number of H-pyrrole nitrogens is 1. The molecule has 154 valence electrons. The molecule has 1 aliphatic carbocycles. The summed E-state index contributed by atoms with van der Waals surface area (Å²) >= 11 is 0. The lowest BCUT2D eigenvalue weighted by atomic mass is 9.89. The lowest BCUT2D eigenvalue weighted by Gasteiger charge is -2.22. The second-order valence-corrected chi connectivity index (χ2v) is 7.69. The number of aliphatic imine (C=N–C) groups is 1. The number of amides is 1. The lowest BCUT2D eigenvalue weighted by Crippen LogP contribution is -2.30. The average Bonchev–Trinajstić information content (AvgIpc) is 3.18. The van der Waals surface area contributed by atoms with Crippen LogP contribution in [0.3, 0.4) is 0 Å². The molecule has 1 fully saturated rings. The number of hydrogen-bond donors (Lipinski definition) is 3. The first kappa shape index (κ1) is 20.8. The van der Waals surface area contributed by atoms with Gasteiger partial charge < -0.3 is 10.6 Å². The van der Waals surface area contributed by atoms with Crippen molar-refractivity contribution in [1.82, 2.24) is 15.5 Å². The monoisotopic (exact) mass is 393 g/mol. The maximum atomic E-state index is 12.5. The van der Waals surface area contributed by atoms with E-state index in [0.717, 1.165) is 34.9 Å². The number of hydrogen-bond acceptors (Lipinski definition) is 4. The molecule has 1 aromatic carbocycles. The molecular formula is C23H31N5O. The summed E-state index contributed by atoms with van der Waals surface area (Å²) in [7, 11) is 0. The van der Waals surface area contributed by atoms with E-state index in [1.165, 1.54) is 32.1 Å². The number of carbonyl (C=O) groups excluding carboxylic acids is 1. The zero-order valence-corrected chi connectivity index (χ0v) is 17.4. The van der Waals surface area contributed by atoms with E-state index < -0.39 is 0 Å². The summed E-state index contributed by atoms with van der Waals surface area (Å²) < 4.78 is 0. The Morgan fingerprint density at radius 1 is 1.31 bits per heavy atom. The summed E-state index contributed by atoms with van der Waals surface area (Å²) in [5.41, 5.74) is 5.32. The summed E-state index contributed by atoms with van der Waals surface area (Å²) in [6.45, 7) is 8.67. The molecule has 29 heavy (non-hydrogen) atoms. The molecule has 2 aliphatic rings. The minimum atomic E-state index is -0.0154. The topological polar surface area (TPSA) is 82.2 Å². The van der Waals surface area contributed by atoms with Gasteiger partial charge >= 0.3 is 0 Å². The Balaban J connectivity index is 0.000000755. The average molecular weight is 394 g/mol.